The molecule has 0 aliphatic heterocycles. The highest BCUT2D eigenvalue weighted by Gasteiger charge is 2.25. The number of carbonyl (C=O) groups is 1. The molecule has 0 amide bonds. The largest absolute Gasteiger partial charge is 0.468 e. The van der Waals surface area contributed by atoms with E-state index in [4.69, 9.17) is 10.00 Å². The molecule has 0 aliphatic rings. The van der Waals surface area contributed by atoms with Crippen molar-refractivity contribution in [3.63, 3.8) is 0 Å². The lowest BCUT2D eigenvalue weighted by molar-refractivity contribution is -0.146. The van der Waals surface area contributed by atoms with Gasteiger partial charge in [-0.05, 0) is 12.6 Å². The maximum Gasteiger partial charge on any atom is 0.327 e. The summed E-state index contributed by atoms with van der Waals surface area (Å²) in [6.45, 7) is 0.175. The van der Waals surface area contributed by atoms with Gasteiger partial charge in [0.25, 0.3) is 0 Å². The number of methoxy groups -OCH3 is 1. The highest BCUT2D eigenvalue weighted by molar-refractivity contribution is 5.77. The van der Waals surface area contributed by atoms with Crippen molar-refractivity contribution >= 4 is 5.97 Å². The van der Waals surface area contributed by atoms with Crippen LogP contribution in [0.15, 0.2) is 30.3 Å². The number of nitrogens with zero attached hydrogens (tertiary/aromatic N) is 2. The van der Waals surface area contributed by atoms with Crippen LogP contribution in [0.4, 0.5) is 0 Å². The van der Waals surface area contributed by atoms with E-state index in [0.29, 0.717) is 0 Å². The van der Waals surface area contributed by atoms with E-state index in [1.165, 1.54) is 7.11 Å². The standard InChI is InChI=1S/C12H14N2O2/c1-14(9-8-13)11(12(15)16-2)10-6-4-3-5-7-10/h3-7,11H,9H2,1-2H3. The van der Waals surface area contributed by atoms with Crippen LogP contribution < -0.4 is 0 Å². The fraction of sp³-hybridized carbons (Fsp3) is 0.333. The molecule has 0 saturated heterocycles. The molecule has 4 heteroatoms. The van der Waals surface area contributed by atoms with E-state index in [9.17, 15) is 4.79 Å². The van der Waals surface area contributed by atoms with E-state index < -0.39 is 6.04 Å². The van der Waals surface area contributed by atoms with Gasteiger partial charge in [0.15, 0.2) is 0 Å². The summed E-state index contributed by atoms with van der Waals surface area (Å²) >= 11 is 0. The molecule has 1 aromatic rings. The smallest absolute Gasteiger partial charge is 0.327 e. The molecule has 16 heavy (non-hydrogen) atoms. The molecule has 84 valence electrons. The molecule has 1 unspecified atom stereocenters. The molecule has 1 atom stereocenters. The first-order valence-electron chi connectivity index (χ1n) is 4.90. The number of benzene rings is 1. The van der Waals surface area contributed by atoms with Crippen LogP contribution in [0, 0.1) is 11.3 Å². The lowest BCUT2D eigenvalue weighted by atomic mass is 10.1. The van der Waals surface area contributed by atoms with Gasteiger partial charge < -0.3 is 4.74 Å². The molecule has 4 nitrogen and oxygen atoms in total. The average Bonchev–Trinajstić information content (AvgIpc) is 2.31. The zero-order valence-electron chi connectivity index (χ0n) is 9.38. The number of carbonyl (C=O) groups excluding carboxylic acids is 1. The van der Waals surface area contributed by atoms with Crippen LogP contribution in [0.1, 0.15) is 11.6 Å². The highest BCUT2D eigenvalue weighted by Crippen LogP contribution is 2.20. The van der Waals surface area contributed by atoms with Crippen LogP contribution in [-0.4, -0.2) is 31.6 Å². The van der Waals surface area contributed by atoms with Crippen LogP contribution in [0.5, 0.6) is 0 Å². The second-order valence-electron chi connectivity index (χ2n) is 3.41. The first kappa shape index (κ1) is 12.2. The van der Waals surface area contributed by atoms with Gasteiger partial charge in [-0.3, -0.25) is 4.90 Å². The Bertz CT molecular complexity index is 384. The Morgan fingerprint density at radius 3 is 2.62 bits per heavy atom. The summed E-state index contributed by atoms with van der Waals surface area (Å²) in [4.78, 5) is 13.3. The molecule has 0 aliphatic carbocycles. The third kappa shape index (κ3) is 2.81. The molecule has 0 heterocycles. The van der Waals surface area contributed by atoms with Gasteiger partial charge in [-0.2, -0.15) is 5.26 Å². The van der Waals surface area contributed by atoms with E-state index in [1.54, 1.807) is 11.9 Å². The molecular weight excluding hydrogens is 204 g/mol. The molecule has 0 radical (unpaired) electrons. The van der Waals surface area contributed by atoms with Crippen molar-refractivity contribution in [3.05, 3.63) is 35.9 Å². The summed E-state index contributed by atoms with van der Waals surface area (Å²) in [5.41, 5.74) is 0.826. The van der Waals surface area contributed by atoms with Gasteiger partial charge >= 0.3 is 5.97 Å². The van der Waals surface area contributed by atoms with E-state index in [0.717, 1.165) is 5.56 Å². The number of hydrogen-bond acceptors (Lipinski definition) is 4. The topological polar surface area (TPSA) is 53.3 Å². The Morgan fingerprint density at radius 1 is 1.50 bits per heavy atom. The lowest BCUT2D eigenvalue weighted by Gasteiger charge is -2.23. The van der Waals surface area contributed by atoms with E-state index >= 15 is 0 Å². The van der Waals surface area contributed by atoms with E-state index in [-0.39, 0.29) is 12.5 Å². The molecule has 0 aromatic heterocycles. The second kappa shape index (κ2) is 5.89. The number of nitriles is 1. The van der Waals surface area contributed by atoms with Crippen LogP contribution in [0.25, 0.3) is 0 Å². The van der Waals surface area contributed by atoms with Crippen LogP contribution >= 0.6 is 0 Å². The third-order valence-corrected chi connectivity index (χ3v) is 2.30. The minimum atomic E-state index is -0.522. The summed E-state index contributed by atoms with van der Waals surface area (Å²) in [5.74, 6) is -0.357. The van der Waals surface area contributed by atoms with Crippen molar-refractivity contribution in [2.45, 2.75) is 6.04 Å². The Balaban J connectivity index is 2.97. The zero-order chi connectivity index (χ0) is 12.0. The molecule has 0 N–H and O–H groups in total. The van der Waals surface area contributed by atoms with Gasteiger partial charge in [0.05, 0.1) is 19.7 Å². The van der Waals surface area contributed by atoms with Crippen molar-refractivity contribution in [1.82, 2.24) is 4.90 Å². The molecule has 0 spiro atoms. The fourth-order valence-corrected chi connectivity index (χ4v) is 1.52. The van der Waals surface area contributed by atoms with Crippen molar-refractivity contribution in [3.8, 4) is 6.07 Å². The summed E-state index contributed by atoms with van der Waals surface area (Å²) in [6.07, 6.45) is 0. The van der Waals surface area contributed by atoms with Crippen molar-refractivity contribution in [2.24, 2.45) is 0 Å². The zero-order valence-corrected chi connectivity index (χ0v) is 9.38. The molecule has 0 fully saturated rings. The normalized spacial score (nSPS) is 11.9. The fourth-order valence-electron chi connectivity index (χ4n) is 1.52. The third-order valence-electron chi connectivity index (χ3n) is 2.30. The lowest BCUT2D eigenvalue weighted by Crippen LogP contribution is -2.32. The predicted octanol–water partition coefficient (Wildman–Crippen LogP) is 1.36. The van der Waals surface area contributed by atoms with Crippen molar-refractivity contribution in [1.29, 1.82) is 5.26 Å². The van der Waals surface area contributed by atoms with E-state index in [2.05, 4.69) is 0 Å². The number of rotatable bonds is 4. The van der Waals surface area contributed by atoms with Gasteiger partial charge in [0.2, 0.25) is 0 Å². The van der Waals surface area contributed by atoms with Crippen molar-refractivity contribution in [2.75, 3.05) is 20.7 Å². The van der Waals surface area contributed by atoms with Gasteiger partial charge in [-0.1, -0.05) is 30.3 Å². The molecule has 0 bridgehead atoms. The monoisotopic (exact) mass is 218 g/mol. The highest BCUT2D eigenvalue weighted by atomic mass is 16.5. The van der Waals surface area contributed by atoms with Gasteiger partial charge in [0.1, 0.15) is 6.04 Å². The van der Waals surface area contributed by atoms with Crippen LogP contribution in [0.3, 0.4) is 0 Å². The van der Waals surface area contributed by atoms with Gasteiger partial charge in [-0.15, -0.1) is 0 Å². The summed E-state index contributed by atoms with van der Waals surface area (Å²) in [7, 11) is 3.07. The van der Waals surface area contributed by atoms with E-state index in [1.807, 2.05) is 36.4 Å². The Labute approximate surface area is 95.0 Å². The van der Waals surface area contributed by atoms with Crippen LogP contribution in [-0.2, 0) is 9.53 Å². The minimum Gasteiger partial charge on any atom is -0.468 e. The summed E-state index contributed by atoms with van der Waals surface area (Å²) in [5, 5.41) is 8.64. The Hall–Kier alpha value is -1.86. The number of ether oxygens (including phenoxy) is 1. The number of esters is 1. The Morgan fingerprint density at radius 2 is 2.12 bits per heavy atom. The quantitative estimate of drug-likeness (QED) is 0.565. The maximum atomic E-state index is 11.7. The summed E-state index contributed by atoms with van der Waals surface area (Å²) in [6, 6.07) is 10.8. The first-order chi connectivity index (χ1) is 7.70. The first-order valence-corrected chi connectivity index (χ1v) is 4.90. The molecule has 1 aromatic carbocycles. The second-order valence-corrected chi connectivity index (χ2v) is 3.41. The van der Waals surface area contributed by atoms with Gasteiger partial charge in [0, 0.05) is 0 Å². The maximum absolute atomic E-state index is 11.7. The Kier molecular flexibility index (Phi) is 4.49. The molecule has 0 saturated carbocycles. The molecular formula is C12H14N2O2. The number of hydrogen-bond donors (Lipinski definition) is 0. The minimum absolute atomic E-state index is 0.175. The summed E-state index contributed by atoms with van der Waals surface area (Å²) < 4.78 is 4.74. The van der Waals surface area contributed by atoms with Gasteiger partial charge in [-0.25, -0.2) is 4.79 Å². The van der Waals surface area contributed by atoms with Crippen molar-refractivity contribution < 1.29 is 9.53 Å². The molecule has 1 rings (SSSR count). The SMILES string of the molecule is COC(=O)C(c1ccccc1)N(C)CC#N. The predicted molar refractivity (Wildman–Crippen MR) is 59.4 cm³/mol. The van der Waals surface area contributed by atoms with Crippen LogP contribution in [0.2, 0.25) is 0 Å². The average molecular weight is 218 g/mol. The number of likely N-dealkylation sites (N-methyl/N-ethyl adjacent to an activating group) is 1.